The van der Waals surface area contributed by atoms with Crippen LogP contribution in [-0.4, -0.2) is 19.2 Å². The molecule has 1 amide bonds. The van der Waals surface area contributed by atoms with Gasteiger partial charge in [0.1, 0.15) is 0 Å². The van der Waals surface area contributed by atoms with Gasteiger partial charge in [-0.2, -0.15) is 0 Å². The van der Waals surface area contributed by atoms with Crippen LogP contribution in [0.1, 0.15) is 18.9 Å². The minimum atomic E-state index is -3.81. The van der Waals surface area contributed by atoms with Crippen LogP contribution in [0.5, 0.6) is 0 Å². The van der Waals surface area contributed by atoms with E-state index in [2.05, 4.69) is 15.9 Å². The van der Waals surface area contributed by atoms with E-state index in [1.165, 1.54) is 12.1 Å². The van der Waals surface area contributed by atoms with Gasteiger partial charge in [-0.05, 0) is 24.1 Å². The molecule has 1 unspecified atom stereocenters. The van der Waals surface area contributed by atoms with Crippen molar-refractivity contribution in [3.63, 3.8) is 0 Å². The van der Waals surface area contributed by atoms with Crippen molar-refractivity contribution in [3.05, 3.63) is 29.8 Å². The molecule has 1 rings (SSSR count). The molecule has 5 nitrogen and oxygen atoms in total. The summed E-state index contributed by atoms with van der Waals surface area (Å²) in [6.07, 6.45) is 0.507. The number of amides is 1. The fourth-order valence-corrected chi connectivity index (χ4v) is 2.53. The first kappa shape index (κ1) is 15.1. The number of benzene rings is 1. The summed E-state index contributed by atoms with van der Waals surface area (Å²) in [6, 6.07) is 6.08. The predicted octanol–water partition coefficient (Wildman–Crippen LogP) is 1.12. The molecule has 0 saturated heterocycles. The highest BCUT2D eigenvalue weighted by molar-refractivity contribution is 9.10. The number of halogens is 1. The molecule has 1 atom stereocenters. The fraction of sp³-hybridized carbons (Fsp3) is 0.364. The Balaban J connectivity index is 2.89. The third-order valence-electron chi connectivity index (χ3n) is 2.35. The van der Waals surface area contributed by atoms with Crippen molar-refractivity contribution < 1.29 is 13.2 Å². The first-order valence-electron chi connectivity index (χ1n) is 5.40. The Morgan fingerprint density at radius 2 is 1.94 bits per heavy atom. The second-order valence-corrected chi connectivity index (χ2v) is 6.48. The van der Waals surface area contributed by atoms with Crippen LogP contribution in [0.15, 0.2) is 29.2 Å². The Morgan fingerprint density at radius 3 is 2.39 bits per heavy atom. The monoisotopic (exact) mass is 334 g/mol. The standard InChI is InChI=1S/C11H15BrN2O3S/c1-2-10(12)11(15)14-18(16,17)9-5-3-8(7-13)4-6-9/h3-6,10H,2,7,13H2,1H3,(H,14,15). The lowest BCUT2D eigenvalue weighted by Gasteiger charge is -2.10. The maximum atomic E-state index is 11.9. The summed E-state index contributed by atoms with van der Waals surface area (Å²) in [7, 11) is -3.81. The van der Waals surface area contributed by atoms with E-state index in [1.54, 1.807) is 19.1 Å². The van der Waals surface area contributed by atoms with Crippen LogP contribution < -0.4 is 10.5 Å². The summed E-state index contributed by atoms with van der Waals surface area (Å²) in [5.41, 5.74) is 6.25. The molecule has 0 heterocycles. The zero-order chi connectivity index (χ0) is 13.8. The molecule has 0 aliphatic carbocycles. The summed E-state index contributed by atoms with van der Waals surface area (Å²) in [5, 5.41) is 0. The maximum absolute atomic E-state index is 11.9. The van der Waals surface area contributed by atoms with Crippen LogP contribution in [-0.2, 0) is 21.4 Å². The van der Waals surface area contributed by atoms with Crippen LogP contribution in [0, 0.1) is 0 Å². The number of carbonyl (C=O) groups excluding carboxylic acids is 1. The second kappa shape index (κ2) is 6.31. The Morgan fingerprint density at radius 1 is 1.39 bits per heavy atom. The van der Waals surface area contributed by atoms with Crippen molar-refractivity contribution in [2.24, 2.45) is 5.73 Å². The SMILES string of the molecule is CCC(Br)C(=O)NS(=O)(=O)c1ccc(CN)cc1. The van der Waals surface area contributed by atoms with Crippen molar-refractivity contribution in [2.45, 2.75) is 29.6 Å². The first-order valence-corrected chi connectivity index (χ1v) is 7.80. The number of nitrogens with two attached hydrogens (primary N) is 1. The van der Waals surface area contributed by atoms with Crippen molar-refractivity contribution in [1.29, 1.82) is 0 Å². The van der Waals surface area contributed by atoms with Gasteiger partial charge in [-0.15, -0.1) is 0 Å². The van der Waals surface area contributed by atoms with Gasteiger partial charge >= 0.3 is 0 Å². The van der Waals surface area contributed by atoms with Crippen LogP contribution in [0.2, 0.25) is 0 Å². The lowest BCUT2D eigenvalue weighted by atomic mass is 10.2. The van der Waals surface area contributed by atoms with E-state index in [4.69, 9.17) is 5.73 Å². The van der Waals surface area contributed by atoms with Gasteiger partial charge in [0.2, 0.25) is 5.91 Å². The Hall–Kier alpha value is -0.920. The molecule has 0 aromatic heterocycles. The molecule has 3 N–H and O–H groups in total. The van der Waals surface area contributed by atoms with E-state index in [0.717, 1.165) is 5.56 Å². The van der Waals surface area contributed by atoms with E-state index >= 15 is 0 Å². The summed E-state index contributed by atoms with van der Waals surface area (Å²) in [6.45, 7) is 2.12. The number of alkyl halides is 1. The molecule has 100 valence electrons. The first-order chi connectivity index (χ1) is 8.40. The summed E-state index contributed by atoms with van der Waals surface area (Å²) in [5.74, 6) is -0.569. The summed E-state index contributed by atoms with van der Waals surface area (Å²) >= 11 is 3.10. The van der Waals surface area contributed by atoms with Crippen LogP contribution in [0.4, 0.5) is 0 Å². The third kappa shape index (κ3) is 3.79. The highest BCUT2D eigenvalue weighted by Crippen LogP contribution is 2.12. The molecular weight excluding hydrogens is 320 g/mol. The van der Waals surface area contributed by atoms with Crippen LogP contribution in [0.25, 0.3) is 0 Å². The fourth-order valence-electron chi connectivity index (χ4n) is 1.25. The lowest BCUT2D eigenvalue weighted by molar-refractivity contribution is -0.118. The molecule has 0 aliphatic heterocycles. The minimum absolute atomic E-state index is 0.0452. The molecule has 0 radical (unpaired) electrons. The average molecular weight is 335 g/mol. The van der Waals surface area contributed by atoms with Crippen molar-refractivity contribution in [3.8, 4) is 0 Å². The van der Waals surface area contributed by atoms with Crippen LogP contribution >= 0.6 is 15.9 Å². The normalized spacial score (nSPS) is 13.1. The van der Waals surface area contributed by atoms with Crippen LogP contribution in [0.3, 0.4) is 0 Å². The van der Waals surface area contributed by atoms with E-state index in [1.807, 2.05) is 4.72 Å². The Kier molecular flexibility index (Phi) is 5.30. The van der Waals surface area contributed by atoms with Crippen molar-refractivity contribution in [1.82, 2.24) is 4.72 Å². The number of carbonyl (C=O) groups is 1. The lowest BCUT2D eigenvalue weighted by Crippen LogP contribution is -2.35. The molecule has 0 fully saturated rings. The van der Waals surface area contributed by atoms with Gasteiger partial charge in [0.05, 0.1) is 9.72 Å². The molecule has 1 aromatic carbocycles. The molecule has 18 heavy (non-hydrogen) atoms. The van der Waals surface area contributed by atoms with Gasteiger partial charge in [-0.25, -0.2) is 13.1 Å². The Bertz CT molecular complexity index is 514. The van der Waals surface area contributed by atoms with Crippen molar-refractivity contribution >= 4 is 31.9 Å². The minimum Gasteiger partial charge on any atom is -0.326 e. The Labute approximate surface area is 115 Å². The third-order valence-corrected chi connectivity index (χ3v) is 4.77. The molecule has 7 heteroatoms. The second-order valence-electron chi connectivity index (χ2n) is 3.69. The van der Waals surface area contributed by atoms with Gasteiger partial charge in [0.15, 0.2) is 0 Å². The summed E-state index contributed by atoms with van der Waals surface area (Å²) in [4.78, 5) is 11.1. The van der Waals surface area contributed by atoms with Gasteiger partial charge in [-0.1, -0.05) is 35.0 Å². The molecular formula is C11H15BrN2O3S. The predicted molar refractivity (Wildman–Crippen MR) is 72.7 cm³/mol. The smallest absolute Gasteiger partial charge is 0.264 e. The molecule has 0 aliphatic rings. The number of hydrogen-bond acceptors (Lipinski definition) is 4. The zero-order valence-electron chi connectivity index (χ0n) is 9.89. The number of nitrogens with one attached hydrogen (secondary N) is 1. The van der Waals surface area contributed by atoms with E-state index in [-0.39, 0.29) is 4.90 Å². The molecule has 0 saturated carbocycles. The molecule has 0 spiro atoms. The van der Waals surface area contributed by atoms with Gasteiger partial charge in [0.25, 0.3) is 10.0 Å². The quantitative estimate of drug-likeness (QED) is 0.789. The van der Waals surface area contributed by atoms with Gasteiger partial charge in [-0.3, -0.25) is 4.79 Å². The average Bonchev–Trinajstić information content (AvgIpc) is 2.37. The highest BCUT2D eigenvalue weighted by Gasteiger charge is 2.21. The highest BCUT2D eigenvalue weighted by atomic mass is 79.9. The maximum Gasteiger partial charge on any atom is 0.264 e. The van der Waals surface area contributed by atoms with Gasteiger partial charge in [0, 0.05) is 6.54 Å². The number of sulfonamides is 1. The number of hydrogen-bond donors (Lipinski definition) is 2. The zero-order valence-corrected chi connectivity index (χ0v) is 12.3. The van der Waals surface area contributed by atoms with E-state index in [0.29, 0.717) is 13.0 Å². The topological polar surface area (TPSA) is 89.3 Å². The molecule has 0 bridgehead atoms. The largest absolute Gasteiger partial charge is 0.326 e. The van der Waals surface area contributed by atoms with E-state index < -0.39 is 20.8 Å². The molecule has 1 aromatic rings. The van der Waals surface area contributed by atoms with Gasteiger partial charge < -0.3 is 5.73 Å². The van der Waals surface area contributed by atoms with E-state index in [9.17, 15) is 13.2 Å². The summed E-state index contributed by atoms with van der Waals surface area (Å²) < 4.78 is 25.8. The number of rotatable bonds is 5. The van der Waals surface area contributed by atoms with Crippen molar-refractivity contribution in [2.75, 3.05) is 0 Å².